The molecule has 0 unspecified atom stereocenters. The predicted molar refractivity (Wildman–Crippen MR) is 48.1 cm³/mol. The molecule has 6 heteroatoms. The fourth-order valence-electron chi connectivity index (χ4n) is 1.18. The maximum absolute atomic E-state index is 11.2. The van der Waals surface area contributed by atoms with Gasteiger partial charge in [-0.2, -0.15) is 5.10 Å². The summed E-state index contributed by atoms with van der Waals surface area (Å²) in [5, 5.41) is 6.56. The largest absolute Gasteiger partial charge is 0.464 e. The van der Waals surface area contributed by atoms with E-state index in [0.29, 0.717) is 11.0 Å². The van der Waals surface area contributed by atoms with E-state index < -0.39 is 5.97 Å². The van der Waals surface area contributed by atoms with Gasteiger partial charge in [0.1, 0.15) is 11.3 Å². The van der Waals surface area contributed by atoms with Gasteiger partial charge in [-0.15, -0.1) is 0 Å². The minimum Gasteiger partial charge on any atom is -0.464 e. The summed E-state index contributed by atoms with van der Waals surface area (Å²) in [6, 6.07) is 1.43. The first-order valence-corrected chi connectivity index (χ1v) is 3.87. The van der Waals surface area contributed by atoms with Crippen LogP contribution in [0.2, 0.25) is 0 Å². The first kappa shape index (κ1) is 8.49. The van der Waals surface area contributed by atoms with Crippen molar-refractivity contribution in [3.05, 3.63) is 28.2 Å². The maximum Gasteiger partial charge on any atom is 0.354 e. The van der Waals surface area contributed by atoms with E-state index in [1.165, 1.54) is 13.2 Å². The number of H-pyrrole nitrogens is 2. The summed E-state index contributed by atoms with van der Waals surface area (Å²) in [4.78, 5) is 25.0. The molecular weight excluding hydrogens is 186 g/mol. The molecule has 0 aliphatic rings. The van der Waals surface area contributed by atoms with Gasteiger partial charge in [0, 0.05) is 0 Å². The highest BCUT2D eigenvalue weighted by atomic mass is 16.5. The van der Waals surface area contributed by atoms with Crippen molar-refractivity contribution < 1.29 is 9.53 Å². The Morgan fingerprint density at radius 3 is 3.00 bits per heavy atom. The lowest BCUT2D eigenvalue weighted by atomic mass is 10.3. The molecule has 0 aliphatic heterocycles. The molecule has 0 bridgehead atoms. The summed E-state index contributed by atoms with van der Waals surface area (Å²) in [6.45, 7) is 0. The number of nitrogens with zero attached hydrogens (tertiary/aromatic N) is 1. The molecule has 0 amide bonds. The summed E-state index contributed by atoms with van der Waals surface area (Å²) in [7, 11) is 1.27. The quantitative estimate of drug-likeness (QED) is 0.626. The zero-order valence-corrected chi connectivity index (χ0v) is 7.33. The smallest absolute Gasteiger partial charge is 0.354 e. The molecule has 2 N–H and O–H groups in total. The van der Waals surface area contributed by atoms with Crippen LogP contribution in [-0.4, -0.2) is 28.3 Å². The molecule has 0 saturated carbocycles. The molecule has 72 valence electrons. The van der Waals surface area contributed by atoms with Gasteiger partial charge < -0.3 is 9.72 Å². The summed E-state index contributed by atoms with van der Waals surface area (Å²) >= 11 is 0. The summed E-state index contributed by atoms with van der Waals surface area (Å²) in [5.41, 5.74) is 0.395. The van der Waals surface area contributed by atoms with E-state index in [4.69, 9.17) is 0 Å². The van der Waals surface area contributed by atoms with Gasteiger partial charge in [0.25, 0.3) is 0 Å². The Balaban J connectivity index is 2.68. The fourth-order valence-corrected chi connectivity index (χ4v) is 1.18. The van der Waals surface area contributed by atoms with Gasteiger partial charge in [0.05, 0.1) is 18.7 Å². The third kappa shape index (κ3) is 1.17. The summed E-state index contributed by atoms with van der Waals surface area (Å²) < 4.78 is 4.50. The van der Waals surface area contributed by atoms with Crippen LogP contribution in [0.5, 0.6) is 0 Å². The molecule has 2 aromatic heterocycles. The Kier molecular flexibility index (Phi) is 1.81. The third-order valence-electron chi connectivity index (χ3n) is 1.85. The molecule has 0 aromatic carbocycles. The van der Waals surface area contributed by atoms with E-state index in [1.54, 1.807) is 0 Å². The normalized spacial score (nSPS) is 10.4. The number of hydrogen-bond acceptors (Lipinski definition) is 4. The van der Waals surface area contributed by atoms with Crippen molar-refractivity contribution >= 4 is 17.0 Å². The van der Waals surface area contributed by atoms with Crippen molar-refractivity contribution in [2.45, 2.75) is 0 Å². The van der Waals surface area contributed by atoms with Crippen molar-refractivity contribution in [1.29, 1.82) is 0 Å². The molecule has 0 atom stereocenters. The highest BCUT2D eigenvalue weighted by Gasteiger charge is 2.10. The standard InChI is InChI=1S/C8H7N3O3/c1-14-8(13)5-2-4-6(12)3-9-11-7(4)10-5/h2-3H,1H3,(H2,10,11,12). The first-order valence-electron chi connectivity index (χ1n) is 3.87. The van der Waals surface area contributed by atoms with Crippen LogP contribution in [0.3, 0.4) is 0 Å². The number of fused-ring (bicyclic) bond motifs is 1. The van der Waals surface area contributed by atoms with Crippen LogP contribution in [0.4, 0.5) is 0 Å². The second kappa shape index (κ2) is 2.99. The number of carbonyl (C=O) groups excluding carboxylic acids is 1. The average Bonchev–Trinajstić information content (AvgIpc) is 2.62. The number of aromatic amines is 2. The molecule has 2 heterocycles. The lowest BCUT2D eigenvalue weighted by Crippen LogP contribution is -2.00. The Morgan fingerprint density at radius 2 is 2.36 bits per heavy atom. The van der Waals surface area contributed by atoms with E-state index >= 15 is 0 Å². The fraction of sp³-hybridized carbons (Fsp3) is 0.125. The van der Waals surface area contributed by atoms with Crippen LogP contribution >= 0.6 is 0 Å². The Labute approximate surface area is 77.9 Å². The topological polar surface area (TPSA) is 87.8 Å². The molecule has 0 radical (unpaired) electrons. The van der Waals surface area contributed by atoms with Crippen LogP contribution in [0.15, 0.2) is 17.1 Å². The number of aromatic nitrogens is 3. The van der Waals surface area contributed by atoms with Gasteiger partial charge in [-0.05, 0) is 6.07 Å². The molecule has 0 saturated heterocycles. The van der Waals surface area contributed by atoms with E-state index in [2.05, 4.69) is 19.9 Å². The number of carbonyl (C=O) groups is 1. The molecule has 0 fully saturated rings. The Hall–Kier alpha value is -2.11. The van der Waals surface area contributed by atoms with Gasteiger partial charge in [0.2, 0.25) is 5.43 Å². The zero-order chi connectivity index (χ0) is 10.1. The highest BCUT2D eigenvalue weighted by Crippen LogP contribution is 2.08. The summed E-state index contributed by atoms with van der Waals surface area (Å²) in [6.07, 6.45) is 1.15. The Bertz CT molecular complexity index is 540. The second-order valence-corrected chi connectivity index (χ2v) is 2.70. The van der Waals surface area contributed by atoms with E-state index in [-0.39, 0.29) is 11.1 Å². The van der Waals surface area contributed by atoms with Crippen molar-refractivity contribution in [1.82, 2.24) is 15.2 Å². The van der Waals surface area contributed by atoms with Crippen LogP contribution in [0.25, 0.3) is 11.0 Å². The predicted octanol–water partition coefficient (Wildman–Crippen LogP) is 0.0378. The lowest BCUT2D eigenvalue weighted by Gasteiger charge is -1.91. The van der Waals surface area contributed by atoms with Crippen LogP contribution in [0.1, 0.15) is 10.5 Å². The number of esters is 1. The molecular formula is C8H7N3O3. The minimum absolute atomic E-state index is 0.226. The van der Waals surface area contributed by atoms with Gasteiger partial charge in [0.15, 0.2) is 0 Å². The third-order valence-corrected chi connectivity index (χ3v) is 1.85. The number of ether oxygens (including phenoxy) is 1. The monoisotopic (exact) mass is 193 g/mol. The Morgan fingerprint density at radius 1 is 1.57 bits per heavy atom. The number of hydrogen-bond donors (Lipinski definition) is 2. The molecule has 2 rings (SSSR count). The average molecular weight is 193 g/mol. The molecule has 0 aliphatic carbocycles. The SMILES string of the molecule is COC(=O)c1cc2c(=O)cn[nH]c2[nH]1. The number of nitrogens with one attached hydrogen (secondary N) is 2. The van der Waals surface area contributed by atoms with Crippen molar-refractivity contribution in [3.8, 4) is 0 Å². The maximum atomic E-state index is 11.2. The van der Waals surface area contributed by atoms with Gasteiger partial charge in [-0.25, -0.2) is 4.79 Å². The van der Waals surface area contributed by atoms with Gasteiger partial charge in [-0.3, -0.25) is 9.89 Å². The molecule has 2 aromatic rings. The highest BCUT2D eigenvalue weighted by molar-refractivity contribution is 5.93. The minimum atomic E-state index is -0.519. The van der Waals surface area contributed by atoms with E-state index in [9.17, 15) is 9.59 Å². The van der Waals surface area contributed by atoms with Crippen LogP contribution in [-0.2, 0) is 4.74 Å². The second-order valence-electron chi connectivity index (χ2n) is 2.70. The molecule has 6 nitrogen and oxygen atoms in total. The van der Waals surface area contributed by atoms with E-state index in [1.807, 2.05) is 0 Å². The van der Waals surface area contributed by atoms with Crippen molar-refractivity contribution in [2.75, 3.05) is 7.11 Å². The molecule has 14 heavy (non-hydrogen) atoms. The summed E-state index contributed by atoms with van der Waals surface area (Å²) in [5.74, 6) is -0.519. The first-order chi connectivity index (χ1) is 6.72. The van der Waals surface area contributed by atoms with Gasteiger partial charge >= 0.3 is 5.97 Å². The van der Waals surface area contributed by atoms with Crippen LogP contribution < -0.4 is 5.43 Å². The van der Waals surface area contributed by atoms with E-state index in [0.717, 1.165) is 6.20 Å². The van der Waals surface area contributed by atoms with Crippen molar-refractivity contribution in [2.24, 2.45) is 0 Å². The number of rotatable bonds is 1. The van der Waals surface area contributed by atoms with Crippen molar-refractivity contribution in [3.63, 3.8) is 0 Å². The lowest BCUT2D eigenvalue weighted by molar-refractivity contribution is 0.0595. The van der Waals surface area contributed by atoms with Gasteiger partial charge in [-0.1, -0.05) is 0 Å². The van der Waals surface area contributed by atoms with Crippen LogP contribution in [0, 0.1) is 0 Å². The zero-order valence-electron chi connectivity index (χ0n) is 7.33. The molecule has 0 spiro atoms. The number of methoxy groups -OCH3 is 1.